The van der Waals surface area contributed by atoms with Gasteiger partial charge in [0.15, 0.2) is 17.0 Å². The van der Waals surface area contributed by atoms with E-state index in [0.717, 1.165) is 18.9 Å². The van der Waals surface area contributed by atoms with Gasteiger partial charge < -0.3 is 4.74 Å². The Morgan fingerprint density at radius 2 is 2.03 bits per heavy atom. The monoisotopic (exact) mass is 430 g/mol. The van der Waals surface area contributed by atoms with Crippen molar-refractivity contribution in [1.82, 2.24) is 29.4 Å². The molecule has 31 heavy (non-hydrogen) atoms. The lowest BCUT2D eigenvalue weighted by Crippen LogP contribution is -2.11. The molecule has 0 bridgehead atoms. The smallest absolute Gasteiger partial charge is 0.433 e. The molecule has 4 aromatic rings. The maximum atomic E-state index is 13.4. The molecule has 0 spiro atoms. The van der Waals surface area contributed by atoms with Crippen LogP contribution in [0.25, 0.3) is 28.1 Å². The highest BCUT2D eigenvalue weighted by Gasteiger charge is 2.37. The highest BCUT2D eigenvalue weighted by atomic mass is 19.4. The second-order valence-electron chi connectivity index (χ2n) is 7.35. The fourth-order valence-corrected chi connectivity index (χ4v) is 3.75. The van der Waals surface area contributed by atoms with E-state index in [1.807, 2.05) is 6.92 Å². The first-order valence-corrected chi connectivity index (χ1v) is 9.74. The van der Waals surface area contributed by atoms with E-state index in [0.29, 0.717) is 28.9 Å². The molecule has 0 aliphatic heterocycles. The van der Waals surface area contributed by atoms with Gasteiger partial charge in [-0.25, -0.2) is 19.3 Å². The third kappa shape index (κ3) is 3.11. The molecule has 4 aromatic heterocycles. The molecule has 0 aromatic carbocycles. The molecule has 0 radical (unpaired) electrons. The summed E-state index contributed by atoms with van der Waals surface area (Å²) < 4.78 is 48.1. The van der Waals surface area contributed by atoms with Crippen LogP contribution >= 0.6 is 0 Å². The second kappa shape index (κ2) is 6.76. The molecule has 1 aliphatic rings. The first-order chi connectivity index (χ1) is 14.8. The summed E-state index contributed by atoms with van der Waals surface area (Å²) in [7, 11) is 1.23. The third-order valence-electron chi connectivity index (χ3n) is 5.36. The van der Waals surface area contributed by atoms with Gasteiger partial charge in [0.1, 0.15) is 5.69 Å². The van der Waals surface area contributed by atoms with Crippen LogP contribution in [0.4, 0.5) is 13.2 Å². The lowest BCUT2D eigenvalue weighted by molar-refractivity contribution is -0.141. The Hall–Kier alpha value is -3.50. The minimum Gasteiger partial charge on any atom is -0.464 e. The fraction of sp³-hybridized carbons (Fsp3) is 0.350. The van der Waals surface area contributed by atoms with Crippen LogP contribution in [0.5, 0.6) is 0 Å². The van der Waals surface area contributed by atoms with Gasteiger partial charge in [-0.1, -0.05) is 0 Å². The minimum absolute atomic E-state index is 0.0206. The molecular formula is C20H17F3N6O2. The number of nitrogens with zero attached hydrogens (tertiary/aromatic N) is 6. The Balaban J connectivity index is 1.88. The summed E-state index contributed by atoms with van der Waals surface area (Å²) in [6, 6.07) is 4.32. The second-order valence-corrected chi connectivity index (χ2v) is 7.35. The van der Waals surface area contributed by atoms with Gasteiger partial charge in [-0.2, -0.15) is 18.3 Å². The number of methoxy groups -OCH3 is 1. The van der Waals surface area contributed by atoms with Crippen molar-refractivity contribution in [1.29, 1.82) is 0 Å². The van der Waals surface area contributed by atoms with Gasteiger partial charge in [0.2, 0.25) is 0 Å². The zero-order chi connectivity index (χ0) is 21.9. The molecule has 0 unspecified atom stereocenters. The van der Waals surface area contributed by atoms with Crippen molar-refractivity contribution in [3.63, 3.8) is 0 Å². The van der Waals surface area contributed by atoms with Crippen molar-refractivity contribution in [2.24, 2.45) is 0 Å². The Morgan fingerprint density at radius 1 is 1.26 bits per heavy atom. The molecular weight excluding hydrogens is 413 g/mol. The maximum absolute atomic E-state index is 13.4. The van der Waals surface area contributed by atoms with Crippen LogP contribution in [0.1, 0.15) is 47.4 Å². The molecule has 0 amide bonds. The van der Waals surface area contributed by atoms with Gasteiger partial charge in [0.05, 0.1) is 23.9 Å². The van der Waals surface area contributed by atoms with Crippen molar-refractivity contribution in [3.05, 3.63) is 41.3 Å². The van der Waals surface area contributed by atoms with Crippen LogP contribution in [-0.2, 0) is 17.5 Å². The molecule has 11 heteroatoms. The predicted octanol–water partition coefficient (Wildman–Crippen LogP) is 3.84. The van der Waals surface area contributed by atoms with Crippen LogP contribution in [0.15, 0.2) is 24.4 Å². The number of esters is 1. The zero-order valence-electron chi connectivity index (χ0n) is 16.6. The van der Waals surface area contributed by atoms with E-state index in [1.165, 1.54) is 17.7 Å². The summed E-state index contributed by atoms with van der Waals surface area (Å²) in [6.07, 6.45) is -1.44. The third-order valence-corrected chi connectivity index (χ3v) is 5.36. The normalized spacial score (nSPS) is 14.5. The maximum Gasteiger partial charge on any atom is 0.433 e. The predicted molar refractivity (Wildman–Crippen MR) is 103 cm³/mol. The lowest BCUT2D eigenvalue weighted by atomic mass is 10.1. The summed E-state index contributed by atoms with van der Waals surface area (Å²) >= 11 is 0. The van der Waals surface area contributed by atoms with Crippen LogP contribution in [0.2, 0.25) is 0 Å². The minimum atomic E-state index is -4.61. The molecule has 160 valence electrons. The van der Waals surface area contributed by atoms with Crippen LogP contribution in [0.3, 0.4) is 0 Å². The number of carbonyl (C=O) groups excluding carboxylic acids is 1. The number of carbonyl (C=O) groups is 1. The molecule has 1 saturated carbocycles. The highest BCUT2D eigenvalue weighted by molar-refractivity contribution is 5.97. The van der Waals surface area contributed by atoms with Gasteiger partial charge in [-0.05, 0) is 49.4 Å². The topological polar surface area (TPSA) is 87.2 Å². The van der Waals surface area contributed by atoms with Crippen molar-refractivity contribution < 1.29 is 22.7 Å². The number of ether oxygens (including phenoxy) is 1. The van der Waals surface area contributed by atoms with Crippen LogP contribution in [-0.4, -0.2) is 42.4 Å². The number of aromatic nitrogens is 6. The van der Waals surface area contributed by atoms with Crippen molar-refractivity contribution in [2.75, 3.05) is 7.11 Å². The first-order valence-electron chi connectivity index (χ1n) is 9.74. The van der Waals surface area contributed by atoms with E-state index in [4.69, 9.17) is 4.74 Å². The molecule has 0 atom stereocenters. The molecule has 8 nitrogen and oxygen atoms in total. The van der Waals surface area contributed by atoms with Gasteiger partial charge >= 0.3 is 12.1 Å². The van der Waals surface area contributed by atoms with Gasteiger partial charge in [-0.3, -0.25) is 4.68 Å². The number of hydrogen-bond acceptors (Lipinski definition) is 6. The van der Waals surface area contributed by atoms with Crippen LogP contribution < -0.4 is 0 Å². The Morgan fingerprint density at radius 3 is 2.68 bits per heavy atom. The number of halogens is 3. The van der Waals surface area contributed by atoms with E-state index in [-0.39, 0.29) is 22.9 Å². The number of rotatable bonds is 4. The molecule has 0 N–H and O–H groups in total. The Kier molecular flexibility index (Phi) is 4.24. The van der Waals surface area contributed by atoms with E-state index in [9.17, 15) is 18.0 Å². The van der Waals surface area contributed by atoms with Crippen molar-refractivity contribution in [2.45, 2.75) is 38.4 Å². The number of hydrogen-bond donors (Lipinski definition) is 0. The molecule has 1 fully saturated rings. The Labute approximate surface area is 173 Å². The lowest BCUT2D eigenvalue weighted by Gasteiger charge is -2.09. The summed E-state index contributed by atoms with van der Waals surface area (Å²) in [5.74, 6) is -0.708. The average Bonchev–Trinajstić information content (AvgIpc) is 3.36. The van der Waals surface area contributed by atoms with Crippen molar-refractivity contribution in [3.8, 4) is 11.4 Å². The van der Waals surface area contributed by atoms with Gasteiger partial charge in [0.25, 0.3) is 0 Å². The summed E-state index contributed by atoms with van der Waals surface area (Å²) in [4.78, 5) is 20.9. The SMILES string of the molecule is CCn1nccc1-c1cc(C(=O)OC)n2nc3nc(C(F)(F)F)cc(C4CC4)c3c2n1. The zero-order valence-corrected chi connectivity index (χ0v) is 16.6. The molecule has 0 saturated heterocycles. The van der Waals surface area contributed by atoms with E-state index in [1.54, 1.807) is 16.9 Å². The molecule has 4 heterocycles. The number of aryl methyl sites for hydroxylation is 1. The number of pyridine rings is 1. The quantitative estimate of drug-likeness (QED) is 0.457. The summed E-state index contributed by atoms with van der Waals surface area (Å²) in [5, 5.41) is 8.87. The largest absolute Gasteiger partial charge is 0.464 e. The molecule has 5 rings (SSSR count). The van der Waals surface area contributed by atoms with E-state index in [2.05, 4.69) is 20.2 Å². The standard InChI is InChI=1S/C20H17F3N6O2/c1-3-28-13(6-7-24-28)12-9-14(19(30)31-2)29-18(25-12)16-11(10-4-5-10)8-15(20(21,22)23)26-17(16)27-29/h6-10H,3-5H2,1-2H3. The fourth-order valence-electron chi connectivity index (χ4n) is 3.75. The number of fused-ring (bicyclic) bond motifs is 3. The summed E-state index contributed by atoms with van der Waals surface area (Å²) in [5.41, 5.74) is 0.800. The van der Waals surface area contributed by atoms with Crippen LogP contribution in [0, 0.1) is 0 Å². The summed E-state index contributed by atoms with van der Waals surface area (Å²) in [6.45, 7) is 2.49. The van der Waals surface area contributed by atoms with Gasteiger partial charge in [-0.15, -0.1) is 5.10 Å². The number of alkyl halides is 3. The van der Waals surface area contributed by atoms with Gasteiger partial charge in [0, 0.05) is 12.7 Å². The highest BCUT2D eigenvalue weighted by Crippen LogP contribution is 2.45. The first kappa shape index (κ1) is 19.5. The molecule has 1 aliphatic carbocycles. The van der Waals surface area contributed by atoms with Crippen molar-refractivity contribution >= 4 is 22.6 Å². The van der Waals surface area contributed by atoms with E-state index >= 15 is 0 Å². The average molecular weight is 430 g/mol. The van der Waals surface area contributed by atoms with E-state index < -0.39 is 17.8 Å². The Bertz CT molecular complexity index is 1340.